The highest BCUT2D eigenvalue weighted by Crippen LogP contribution is 2.29. The fraction of sp³-hybridized carbons (Fsp3) is 0.0714. The van der Waals surface area contributed by atoms with Gasteiger partial charge in [0.05, 0.1) is 16.1 Å². The van der Waals surface area contributed by atoms with Crippen LogP contribution < -0.4 is 0 Å². The fourth-order valence-electron chi connectivity index (χ4n) is 1.65. The minimum Gasteiger partial charge on any atom is -0.288 e. The average Bonchev–Trinajstić information content (AvgIpc) is 2.40. The van der Waals surface area contributed by atoms with E-state index in [-0.39, 0.29) is 16.1 Å². The quantitative estimate of drug-likeness (QED) is 0.579. The SMILES string of the molecule is O=C(c1ccc(C(F)(F)F)cc1)c1cccc(Cl)c1F. The minimum absolute atomic E-state index is 0.0424. The summed E-state index contributed by atoms with van der Waals surface area (Å²) >= 11 is 5.55. The highest BCUT2D eigenvalue weighted by molar-refractivity contribution is 6.31. The molecule has 104 valence electrons. The van der Waals surface area contributed by atoms with E-state index in [1.54, 1.807) is 0 Å². The second kappa shape index (κ2) is 5.25. The molecule has 0 unspecified atom stereocenters. The van der Waals surface area contributed by atoms with Gasteiger partial charge in [0, 0.05) is 5.56 Å². The van der Waals surface area contributed by atoms with Crippen LogP contribution in [0.25, 0.3) is 0 Å². The molecule has 0 atom stereocenters. The third kappa shape index (κ3) is 2.82. The molecule has 0 amide bonds. The number of hydrogen-bond acceptors (Lipinski definition) is 1. The van der Waals surface area contributed by atoms with Gasteiger partial charge in [0.1, 0.15) is 0 Å². The normalized spacial score (nSPS) is 11.4. The Kier molecular flexibility index (Phi) is 3.81. The predicted octanol–water partition coefficient (Wildman–Crippen LogP) is 4.73. The van der Waals surface area contributed by atoms with Gasteiger partial charge in [0.15, 0.2) is 11.6 Å². The molecule has 0 aliphatic heterocycles. The Labute approximate surface area is 116 Å². The first-order chi connectivity index (χ1) is 9.30. The third-order valence-electron chi connectivity index (χ3n) is 2.67. The van der Waals surface area contributed by atoms with Crippen molar-refractivity contribution in [2.45, 2.75) is 6.18 Å². The van der Waals surface area contributed by atoms with Crippen LogP contribution in [0.3, 0.4) is 0 Å². The summed E-state index contributed by atoms with van der Waals surface area (Å²) in [5.74, 6) is -1.61. The zero-order chi connectivity index (χ0) is 14.9. The van der Waals surface area contributed by atoms with Gasteiger partial charge >= 0.3 is 6.18 Å². The molecule has 1 nitrogen and oxygen atoms in total. The molecular formula is C14H7ClF4O. The van der Waals surface area contributed by atoms with Crippen molar-refractivity contribution in [1.29, 1.82) is 0 Å². The Hall–Kier alpha value is -1.88. The van der Waals surface area contributed by atoms with Crippen molar-refractivity contribution in [1.82, 2.24) is 0 Å². The summed E-state index contributed by atoms with van der Waals surface area (Å²) in [7, 11) is 0. The zero-order valence-corrected chi connectivity index (χ0v) is 10.6. The highest BCUT2D eigenvalue weighted by atomic mass is 35.5. The van der Waals surface area contributed by atoms with Crippen LogP contribution in [-0.4, -0.2) is 5.78 Å². The van der Waals surface area contributed by atoms with E-state index in [1.165, 1.54) is 18.2 Å². The number of benzene rings is 2. The molecule has 0 heterocycles. The number of ketones is 1. The molecule has 0 saturated carbocycles. The van der Waals surface area contributed by atoms with Gasteiger partial charge in [-0.25, -0.2) is 4.39 Å². The van der Waals surface area contributed by atoms with Crippen molar-refractivity contribution in [3.63, 3.8) is 0 Å². The summed E-state index contributed by atoms with van der Waals surface area (Å²) in [4.78, 5) is 12.0. The number of carbonyl (C=O) groups excluding carboxylic acids is 1. The van der Waals surface area contributed by atoms with Crippen molar-refractivity contribution in [2.24, 2.45) is 0 Å². The van der Waals surface area contributed by atoms with Crippen LogP contribution in [0.5, 0.6) is 0 Å². The average molecular weight is 303 g/mol. The molecular weight excluding hydrogens is 296 g/mol. The first-order valence-corrected chi connectivity index (χ1v) is 5.84. The van der Waals surface area contributed by atoms with Gasteiger partial charge in [-0.2, -0.15) is 13.2 Å². The molecule has 20 heavy (non-hydrogen) atoms. The van der Waals surface area contributed by atoms with E-state index in [0.717, 1.165) is 24.3 Å². The molecule has 0 aromatic heterocycles. The summed E-state index contributed by atoms with van der Waals surface area (Å²) in [6.07, 6.45) is -4.48. The van der Waals surface area contributed by atoms with Crippen LogP contribution in [-0.2, 0) is 6.18 Å². The van der Waals surface area contributed by atoms with Crippen molar-refractivity contribution >= 4 is 17.4 Å². The molecule has 0 saturated heterocycles. The van der Waals surface area contributed by atoms with E-state index >= 15 is 0 Å². The van der Waals surface area contributed by atoms with E-state index in [9.17, 15) is 22.4 Å². The number of alkyl halides is 3. The van der Waals surface area contributed by atoms with Gasteiger partial charge < -0.3 is 0 Å². The smallest absolute Gasteiger partial charge is 0.288 e. The molecule has 2 rings (SSSR count). The molecule has 0 fully saturated rings. The Morgan fingerprint density at radius 1 is 1.00 bits per heavy atom. The molecule has 0 bridgehead atoms. The van der Waals surface area contributed by atoms with Gasteiger partial charge in [0.25, 0.3) is 0 Å². The van der Waals surface area contributed by atoms with Gasteiger partial charge in [-0.1, -0.05) is 29.8 Å². The molecule has 2 aromatic rings. The lowest BCUT2D eigenvalue weighted by Crippen LogP contribution is -2.07. The maximum atomic E-state index is 13.7. The largest absolute Gasteiger partial charge is 0.416 e. The lowest BCUT2D eigenvalue weighted by molar-refractivity contribution is -0.137. The van der Waals surface area contributed by atoms with Crippen LogP contribution in [0.15, 0.2) is 42.5 Å². The summed E-state index contributed by atoms with van der Waals surface area (Å²) in [6, 6.07) is 7.45. The van der Waals surface area contributed by atoms with Crippen LogP contribution in [0.4, 0.5) is 17.6 Å². The summed E-state index contributed by atoms with van der Waals surface area (Å²) in [5, 5.41) is -0.220. The Bertz CT molecular complexity index is 647. The van der Waals surface area contributed by atoms with E-state index < -0.39 is 23.3 Å². The molecule has 0 radical (unpaired) electrons. The molecule has 0 aliphatic carbocycles. The van der Waals surface area contributed by atoms with E-state index in [4.69, 9.17) is 11.6 Å². The summed E-state index contributed by atoms with van der Waals surface area (Å²) in [6.45, 7) is 0. The number of carbonyl (C=O) groups is 1. The fourth-order valence-corrected chi connectivity index (χ4v) is 1.82. The maximum absolute atomic E-state index is 13.7. The Morgan fingerprint density at radius 2 is 1.60 bits per heavy atom. The van der Waals surface area contributed by atoms with Gasteiger partial charge in [0.2, 0.25) is 0 Å². The van der Waals surface area contributed by atoms with Crippen molar-refractivity contribution in [3.05, 3.63) is 70.0 Å². The zero-order valence-electron chi connectivity index (χ0n) is 9.84. The topological polar surface area (TPSA) is 17.1 Å². The minimum atomic E-state index is -4.48. The van der Waals surface area contributed by atoms with Crippen LogP contribution >= 0.6 is 11.6 Å². The monoisotopic (exact) mass is 302 g/mol. The number of hydrogen-bond donors (Lipinski definition) is 0. The number of rotatable bonds is 2. The third-order valence-corrected chi connectivity index (χ3v) is 2.96. The lowest BCUT2D eigenvalue weighted by Gasteiger charge is -2.08. The van der Waals surface area contributed by atoms with E-state index in [1.807, 2.05) is 0 Å². The van der Waals surface area contributed by atoms with E-state index in [0.29, 0.717) is 0 Å². The second-order valence-corrected chi connectivity index (χ2v) is 4.41. The predicted molar refractivity (Wildman–Crippen MR) is 66.3 cm³/mol. The summed E-state index contributed by atoms with van der Waals surface area (Å²) < 4.78 is 50.9. The Balaban J connectivity index is 2.37. The number of halogens is 5. The Morgan fingerprint density at radius 3 is 2.15 bits per heavy atom. The van der Waals surface area contributed by atoms with Crippen LogP contribution in [0.2, 0.25) is 5.02 Å². The van der Waals surface area contributed by atoms with Crippen molar-refractivity contribution in [3.8, 4) is 0 Å². The standard InChI is InChI=1S/C14H7ClF4O/c15-11-3-1-2-10(12(11)16)13(20)8-4-6-9(7-5-8)14(17,18)19/h1-7H. The van der Waals surface area contributed by atoms with Crippen molar-refractivity contribution in [2.75, 3.05) is 0 Å². The van der Waals surface area contributed by atoms with Gasteiger partial charge in [-0.3, -0.25) is 4.79 Å². The molecule has 0 N–H and O–H groups in total. The van der Waals surface area contributed by atoms with Crippen LogP contribution in [0.1, 0.15) is 21.5 Å². The lowest BCUT2D eigenvalue weighted by atomic mass is 10.0. The molecule has 0 aliphatic rings. The first kappa shape index (κ1) is 14.5. The summed E-state index contributed by atoms with van der Waals surface area (Å²) in [5.41, 5.74) is -1.20. The van der Waals surface area contributed by atoms with E-state index in [2.05, 4.69) is 0 Å². The molecule has 6 heteroatoms. The van der Waals surface area contributed by atoms with Gasteiger partial charge in [-0.05, 0) is 24.3 Å². The maximum Gasteiger partial charge on any atom is 0.416 e. The van der Waals surface area contributed by atoms with Gasteiger partial charge in [-0.15, -0.1) is 0 Å². The van der Waals surface area contributed by atoms with Crippen LogP contribution in [0, 0.1) is 5.82 Å². The first-order valence-electron chi connectivity index (χ1n) is 5.46. The molecule has 0 spiro atoms. The van der Waals surface area contributed by atoms with Crippen molar-refractivity contribution < 1.29 is 22.4 Å². The highest BCUT2D eigenvalue weighted by Gasteiger charge is 2.30. The molecule has 2 aromatic carbocycles. The second-order valence-electron chi connectivity index (χ2n) is 4.01.